The smallest absolute Gasteiger partial charge is 0.240 e. The number of pyridine rings is 1. The fourth-order valence-electron chi connectivity index (χ4n) is 4.64. The number of ketones is 1. The number of ether oxygens (including phenoxy) is 1. The van der Waals surface area contributed by atoms with E-state index in [1.807, 2.05) is 13.0 Å². The third-order valence-corrected chi connectivity index (χ3v) is 7.41. The molecule has 0 aromatic carbocycles. The van der Waals surface area contributed by atoms with Crippen molar-refractivity contribution in [3.8, 4) is 11.5 Å². The number of furan rings is 1. The fourth-order valence-corrected chi connectivity index (χ4v) is 5.58. The Bertz CT molecular complexity index is 1160. The molecule has 9 nitrogen and oxygen atoms in total. The van der Waals surface area contributed by atoms with E-state index < -0.39 is 0 Å². The summed E-state index contributed by atoms with van der Waals surface area (Å²) in [6.45, 7) is 7.50. The lowest BCUT2D eigenvalue weighted by Crippen LogP contribution is -2.50. The Kier molecular flexibility index (Phi) is 7.33. The number of carbonyl (C=O) groups is 2. The van der Waals surface area contributed by atoms with Gasteiger partial charge in [-0.3, -0.25) is 19.4 Å². The van der Waals surface area contributed by atoms with Crippen LogP contribution in [0.15, 0.2) is 41.0 Å². The normalized spacial score (nSPS) is 18.0. The van der Waals surface area contributed by atoms with Gasteiger partial charge in [-0.25, -0.2) is 9.97 Å². The Labute approximate surface area is 208 Å². The zero-order valence-electron chi connectivity index (χ0n) is 19.7. The Balaban J connectivity index is 1.24. The predicted molar refractivity (Wildman–Crippen MR) is 133 cm³/mol. The minimum absolute atomic E-state index is 0.137. The van der Waals surface area contributed by atoms with Crippen molar-refractivity contribution in [2.75, 3.05) is 51.3 Å². The maximum absolute atomic E-state index is 13.2. The molecule has 2 fully saturated rings. The van der Waals surface area contributed by atoms with Gasteiger partial charge in [-0.05, 0) is 44.0 Å². The van der Waals surface area contributed by atoms with Crippen LogP contribution in [0.3, 0.4) is 0 Å². The molecule has 0 spiro atoms. The lowest BCUT2D eigenvalue weighted by molar-refractivity contribution is -0.117. The highest BCUT2D eigenvalue weighted by atomic mass is 32.1. The number of hydrogen-bond acceptors (Lipinski definition) is 9. The minimum Gasteiger partial charge on any atom is -0.463 e. The first-order valence-electron chi connectivity index (χ1n) is 11.9. The van der Waals surface area contributed by atoms with Crippen LogP contribution in [0.2, 0.25) is 0 Å². The van der Waals surface area contributed by atoms with Gasteiger partial charge in [0.25, 0.3) is 0 Å². The molecule has 0 saturated carbocycles. The van der Waals surface area contributed by atoms with Crippen molar-refractivity contribution in [2.45, 2.75) is 25.8 Å². The van der Waals surface area contributed by atoms with Gasteiger partial charge < -0.3 is 14.5 Å². The number of nitrogens with zero attached hydrogens (tertiary/aromatic N) is 4. The highest BCUT2D eigenvalue weighted by molar-refractivity contribution is 7.18. The number of aromatic nitrogens is 2. The molecule has 3 aromatic rings. The third kappa shape index (κ3) is 5.67. The number of aryl methyl sites for hydroxylation is 1. The second-order valence-corrected chi connectivity index (χ2v) is 9.87. The van der Waals surface area contributed by atoms with Crippen LogP contribution in [0.5, 0.6) is 0 Å². The SMILES string of the molecule is Cc1cccc(C(=O)c2sc(NC(=O)CN3CCC(N4CCOCC4)CC3)nc2-c2ccco2)n1. The van der Waals surface area contributed by atoms with Crippen LogP contribution in [-0.4, -0.2) is 83.4 Å². The lowest BCUT2D eigenvalue weighted by atomic mass is 10.0. The molecule has 3 aromatic heterocycles. The molecule has 35 heavy (non-hydrogen) atoms. The lowest BCUT2D eigenvalue weighted by Gasteiger charge is -2.39. The van der Waals surface area contributed by atoms with Crippen molar-refractivity contribution in [2.24, 2.45) is 0 Å². The molecule has 0 bridgehead atoms. The Morgan fingerprint density at radius 2 is 1.89 bits per heavy atom. The highest BCUT2D eigenvalue weighted by Crippen LogP contribution is 2.33. The van der Waals surface area contributed by atoms with Crippen LogP contribution in [0.25, 0.3) is 11.5 Å². The number of piperidine rings is 1. The number of nitrogens with one attached hydrogen (secondary N) is 1. The van der Waals surface area contributed by atoms with Gasteiger partial charge in [-0.15, -0.1) is 0 Å². The average molecular weight is 496 g/mol. The van der Waals surface area contributed by atoms with Crippen LogP contribution in [0, 0.1) is 6.92 Å². The average Bonchev–Trinajstić information content (AvgIpc) is 3.55. The summed E-state index contributed by atoms with van der Waals surface area (Å²) in [5.74, 6) is 0.0912. The first-order valence-corrected chi connectivity index (χ1v) is 12.8. The van der Waals surface area contributed by atoms with E-state index in [-0.39, 0.29) is 11.7 Å². The number of likely N-dealkylation sites (tertiary alicyclic amines) is 1. The van der Waals surface area contributed by atoms with E-state index in [9.17, 15) is 9.59 Å². The Morgan fingerprint density at radius 3 is 2.60 bits per heavy atom. The van der Waals surface area contributed by atoms with Gasteiger partial charge in [0.05, 0.1) is 26.0 Å². The molecule has 1 N–H and O–H groups in total. The Hall–Kier alpha value is -2.92. The summed E-state index contributed by atoms with van der Waals surface area (Å²) in [4.78, 5) is 40.0. The van der Waals surface area contributed by atoms with Crippen LogP contribution in [0.1, 0.15) is 33.9 Å². The molecule has 5 rings (SSSR count). The second kappa shape index (κ2) is 10.8. The van der Waals surface area contributed by atoms with Crippen molar-refractivity contribution in [3.63, 3.8) is 0 Å². The minimum atomic E-state index is -0.247. The van der Waals surface area contributed by atoms with Gasteiger partial charge in [0.1, 0.15) is 16.3 Å². The summed E-state index contributed by atoms with van der Waals surface area (Å²) in [6, 6.07) is 9.38. The van der Waals surface area contributed by atoms with E-state index in [0.29, 0.717) is 39.7 Å². The topological polar surface area (TPSA) is 101 Å². The molecular weight excluding hydrogens is 466 g/mol. The molecule has 0 atom stereocenters. The van der Waals surface area contributed by atoms with Gasteiger partial charge in [0.15, 0.2) is 10.9 Å². The van der Waals surface area contributed by atoms with Crippen LogP contribution < -0.4 is 5.32 Å². The molecule has 2 saturated heterocycles. The van der Waals surface area contributed by atoms with E-state index in [0.717, 1.165) is 69.3 Å². The fraction of sp³-hybridized carbons (Fsp3) is 0.440. The number of thiazole rings is 1. The summed E-state index contributed by atoms with van der Waals surface area (Å²) in [6.07, 6.45) is 3.64. The highest BCUT2D eigenvalue weighted by Gasteiger charge is 2.28. The molecule has 2 aliphatic rings. The number of carbonyl (C=O) groups excluding carboxylic acids is 2. The summed E-state index contributed by atoms with van der Waals surface area (Å²) in [7, 11) is 0. The molecule has 0 unspecified atom stereocenters. The van der Waals surface area contributed by atoms with Gasteiger partial charge in [-0.1, -0.05) is 17.4 Å². The monoisotopic (exact) mass is 495 g/mol. The number of hydrogen-bond donors (Lipinski definition) is 1. The summed E-state index contributed by atoms with van der Waals surface area (Å²) in [5.41, 5.74) is 1.50. The van der Waals surface area contributed by atoms with Crippen molar-refractivity contribution in [1.82, 2.24) is 19.8 Å². The molecule has 184 valence electrons. The van der Waals surface area contributed by atoms with Crippen LogP contribution in [-0.2, 0) is 9.53 Å². The molecular formula is C25H29N5O4S. The van der Waals surface area contributed by atoms with Crippen molar-refractivity contribution in [3.05, 3.63) is 52.9 Å². The molecule has 10 heteroatoms. The Morgan fingerprint density at radius 1 is 1.09 bits per heavy atom. The summed E-state index contributed by atoms with van der Waals surface area (Å²) >= 11 is 1.15. The van der Waals surface area contributed by atoms with Crippen LogP contribution in [0.4, 0.5) is 5.13 Å². The number of morpholine rings is 1. The molecule has 5 heterocycles. The first kappa shape index (κ1) is 23.8. The van der Waals surface area contributed by atoms with E-state index in [4.69, 9.17) is 9.15 Å². The van der Waals surface area contributed by atoms with Crippen molar-refractivity contribution < 1.29 is 18.7 Å². The first-order chi connectivity index (χ1) is 17.1. The van der Waals surface area contributed by atoms with E-state index in [2.05, 4.69) is 25.1 Å². The van der Waals surface area contributed by atoms with Crippen molar-refractivity contribution in [1.29, 1.82) is 0 Å². The summed E-state index contributed by atoms with van der Waals surface area (Å²) in [5, 5.41) is 3.27. The number of amides is 1. The zero-order chi connectivity index (χ0) is 24.2. The maximum atomic E-state index is 13.2. The van der Waals surface area contributed by atoms with Crippen LogP contribution >= 0.6 is 11.3 Å². The van der Waals surface area contributed by atoms with Gasteiger partial charge in [0, 0.05) is 37.9 Å². The quantitative estimate of drug-likeness (QED) is 0.499. The molecule has 2 aliphatic heterocycles. The van der Waals surface area contributed by atoms with Gasteiger partial charge >= 0.3 is 0 Å². The van der Waals surface area contributed by atoms with E-state index in [1.165, 1.54) is 6.26 Å². The van der Waals surface area contributed by atoms with Gasteiger partial charge in [-0.2, -0.15) is 0 Å². The molecule has 0 aliphatic carbocycles. The van der Waals surface area contributed by atoms with Crippen molar-refractivity contribution >= 4 is 28.2 Å². The second-order valence-electron chi connectivity index (χ2n) is 8.87. The molecule has 0 radical (unpaired) electrons. The predicted octanol–water partition coefficient (Wildman–Crippen LogP) is 3.07. The largest absolute Gasteiger partial charge is 0.463 e. The summed E-state index contributed by atoms with van der Waals surface area (Å²) < 4.78 is 11.0. The standard InChI is InChI=1S/C25H29N5O4S/c1-17-4-2-5-19(26-17)23(32)24-22(20-6-3-13-34-20)28-25(35-24)27-21(31)16-29-9-7-18(8-10-29)30-11-14-33-15-12-30/h2-6,13,18H,7-12,14-16H2,1H3,(H,27,28,31). The van der Waals surface area contributed by atoms with E-state index >= 15 is 0 Å². The zero-order valence-corrected chi connectivity index (χ0v) is 20.6. The maximum Gasteiger partial charge on any atom is 0.240 e. The molecule has 1 amide bonds. The van der Waals surface area contributed by atoms with Gasteiger partial charge in [0.2, 0.25) is 11.7 Å². The number of anilines is 1. The van der Waals surface area contributed by atoms with E-state index in [1.54, 1.807) is 24.3 Å². The third-order valence-electron chi connectivity index (χ3n) is 6.44. The number of rotatable bonds is 7.